The maximum Gasteiger partial charge on any atom is 0.160 e. The summed E-state index contributed by atoms with van der Waals surface area (Å²) in [7, 11) is 0. The summed E-state index contributed by atoms with van der Waals surface area (Å²) in [6.45, 7) is 5.72. The van der Waals surface area contributed by atoms with E-state index in [1.807, 2.05) is 24.4 Å². The molecule has 0 amide bonds. The van der Waals surface area contributed by atoms with Crippen molar-refractivity contribution in [3.05, 3.63) is 30.2 Å². The smallest absolute Gasteiger partial charge is 0.160 e. The van der Waals surface area contributed by atoms with E-state index in [4.69, 9.17) is 0 Å². The molecule has 21 heavy (non-hydrogen) atoms. The largest absolute Gasteiger partial charge is 0.303 e. The molecule has 2 aromatic heterocycles. The van der Waals surface area contributed by atoms with Crippen molar-refractivity contribution in [2.75, 3.05) is 6.54 Å². The first-order chi connectivity index (χ1) is 10.2. The molecule has 0 bridgehead atoms. The van der Waals surface area contributed by atoms with Crippen LogP contribution in [0.15, 0.2) is 24.4 Å². The SMILES string of the molecule is CC(NC1CC(C)N(C2CC2)C1)c1nnc2ccccn12. The van der Waals surface area contributed by atoms with Gasteiger partial charge >= 0.3 is 0 Å². The summed E-state index contributed by atoms with van der Waals surface area (Å²) in [5, 5.41) is 12.4. The van der Waals surface area contributed by atoms with Gasteiger partial charge in [-0.3, -0.25) is 9.30 Å². The summed E-state index contributed by atoms with van der Waals surface area (Å²) in [5.41, 5.74) is 0.917. The third-order valence-corrected chi connectivity index (χ3v) is 4.85. The molecule has 4 rings (SSSR count). The second kappa shape index (κ2) is 5.07. The fraction of sp³-hybridized carbons (Fsp3) is 0.625. The van der Waals surface area contributed by atoms with Gasteiger partial charge in [0.1, 0.15) is 0 Å². The molecule has 1 N–H and O–H groups in total. The van der Waals surface area contributed by atoms with Gasteiger partial charge in [0, 0.05) is 30.9 Å². The van der Waals surface area contributed by atoms with E-state index in [9.17, 15) is 0 Å². The van der Waals surface area contributed by atoms with Crippen molar-refractivity contribution in [3.8, 4) is 0 Å². The Morgan fingerprint density at radius 1 is 1.29 bits per heavy atom. The first kappa shape index (κ1) is 13.2. The highest BCUT2D eigenvalue weighted by Crippen LogP contribution is 2.33. The van der Waals surface area contributed by atoms with Gasteiger partial charge < -0.3 is 5.32 Å². The van der Waals surface area contributed by atoms with Gasteiger partial charge in [-0.15, -0.1) is 10.2 Å². The fourth-order valence-electron chi connectivity index (χ4n) is 3.68. The van der Waals surface area contributed by atoms with Crippen LogP contribution >= 0.6 is 0 Å². The average molecular weight is 285 g/mol. The minimum absolute atomic E-state index is 0.221. The van der Waals surface area contributed by atoms with Gasteiger partial charge in [0.25, 0.3) is 0 Å². The summed E-state index contributed by atoms with van der Waals surface area (Å²) in [5.74, 6) is 1.00. The molecular formula is C16H23N5. The normalized spacial score (nSPS) is 28.3. The Hall–Kier alpha value is -1.46. The first-order valence-corrected chi connectivity index (χ1v) is 8.04. The van der Waals surface area contributed by atoms with Crippen LogP contribution in [0.2, 0.25) is 0 Å². The minimum Gasteiger partial charge on any atom is -0.303 e. The van der Waals surface area contributed by atoms with Crippen LogP contribution in [0, 0.1) is 0 Å². The number of hydrogen-bond acceptors (Lipinski definition) is 4. The molecule has 3 heterocycles. The highest BCUT2D eigenvalue weighted by molar-refractivity contribution is 5.37. The fourth-order valence-corrected chi connectivity index (χ4v) is 3.68. The lowest BCUT2D eigenvalue weighted by Gasteiger charge is -2.20. The molecule has 1 aliphatic heterocycles. The predicted octanol–water partition coefficient (Wildman–Crippen LogP) is 2.01. The van der Waals surface area contributed by atoms with Crippen LogP contribution in [0.25, 0.3) is 5.65 Å². The highest BCUT2D eigenvalue weighted by Gasteiger charge is 2.39. The Kier molecular flexibility index (Phi) is 3.19. The lowest BCUT2D eigenvalue weighted by atomic mass is 10.1. The zero-order valence-corrected chi connectivity index (χ0v) is 12.7. The summed E-state index contributed by atoms with van der Waals surface area (Å²) >= 11 is 0. The van der Waals surface area contributed by atoms with Crippen LogP contribution in [-0.2, 0) is 0 Å². The van der Waals surface area contributed by atoms with Crippen LogP contribution in [0.3, 0.4) is 0 Å². The molecule has 2 aromatic rings. The van der Waals surface area contributed by atoms with Crippen molar-refractivity contribution in [2.24, 2.45) is 0 Å². The number of nitrogens with zero attached hydrogens (tertiary/aromatic N) is 4. The summed E-state index contributed by atoms with van der Waals surface area (Å²) in [4.78, 5) is 2.67. The number of aromatic nitrogens is 3. The maximum atomic E-state index is 4.36. The van der Waals surface area contributed by atoms with E-state index in [2.05, 4.69) is 38.7 Å². The number of fused-ring (bicyclic) bond motifs is 1. The molecule has 2 fully saturated rings. The molecule has 1 aliphatic carbocycles. The monoisotopic (exact) mass is 285 g/mol. The van der Waals surface area contributed by atoms with Crippen molar-refractivity contribution in [1.29, 1.82) is 0 Å². The second-order valence-electron chi connectivity index (χ2n) is 6.59. The molecular weight excluding hydrogens is 262 g/mol. The topological polar surface area (TPSA) is 45.5 Å². The number of nitrogens with one attached hydrogen (secondary N) is 1. The van der Waals surface area contributed by atoms with Crippen molar-refractivity contribution >= 4 is 5.65 Å². The molecule has 0 radical (unpaired) electrons. The number of rotatable bonds is 4. The van der Waals surface area contributed by atoms with Gasteiger partial charge in [0.05, 0.1) is 6.04 Å². The molecule has 0 aromatic carbocycles. The van der Waals surface area contributed by atoms with Crippen molar-refractivity contribution < 1.29 is 0 Å². The van der Waals surface area contributed by atoms with Gasteiger partial charge in [0.15, 0.2) is 11.5 Å². The van der Waals surface area contributed by atoms with E-state index < -0.39 is 0 Å². The van der Waals surface area contributed by atoms with Crippen LogP contribution < -0.4 is 5.32 Å². The first-order valence-electron chi connectivity index (χ1n) is 8.04. The zero-order valence-electron chi connectivity index (χ0n) is 12.7. The molecule has 3 atom stereocenters. The maximum absolute atomic E-state index is 4.36. The van der Waals surface area contributed by atoms with E-state index >= 15 is 0 Å². The zero-order chi connectivity index (χ0) is 14.4. The quantitative estimate of drug-likeness (QED) is 0.933. The Bertz CT molecular complexity index is 632. The number of pyridine rings is 1. The number of likely N-dealkylation sites (tertiary alicyclic amines) is 1. The van der Waals surface area contributed by atoms with Gasteiger partial charge in [-0.05, 0) is 45.2 Å². The minimum atomic E-state index is 0.221. The van der Waals surface area contributed by atoms with Crippen molar-refractivity contribution in [1.82, 2.24) is 24.8 Å². The van der Waals surface area contributed by atoms with Gasteiger partial charge in [-0.2, -0.15) is 0 Å². The van der Waals surface area contributed by atoms with Crippen LogP contribution in [0.4, 0.5) is 0 Å². The van der Waals surface area contributed by atoms with Crippen LogP contribution in [0.1, 0.15) is 45.0 Å². The van der Waals surface area contributed by atoms with E-state index in [1.54, 1.807) is 0 Å². The van der Waals surface area contributed by atoms with Crippen molar-refractivity contribution in [3.63, 3.8) is 0 Å². The van der Waals surface area contributed by atoms with Gasteiger partial charge in [-0.1, -0.05) is 6.07 Å². The van der Waals surface area contributed by atoms with E-state index in [0.29, 0.717) is 12.1 Å². The molecule has 1 saturated heterocycles. The third kappa shape index (κ3) is 2.45. The summed E-state index contributed by atoms with van der Waals surface area (Å²) in [6.07, 6.45) is 6.05. The highest BCUT2D eigenvalue weighted by atomic mass is 15.3. The lowest BCUT2D eigenvalue weighted by Crippen LogP contribution is -2.36. The molecule has 2 aliphatic rings. The van der Waals surface area contributed by atoms with E-state index in [-0.39, 0.29) is 6.04 Å². The molecule has 5 heteroatoms. The Morgan fingerprint density at radius 2 is 2.14 bits per heavy atom. The Morgan fingerprint density at radius 3 is 2.95 bits per heavy atom. The summed E-state index contributed by atoms with van der Waals surface area (Å²) < 4.78 is 2.08. The second-order valence-corrected chi connectivity index (χ2v) is 6.59. The Labute approximate surface area is 125 Å². The van der Waals surface area contributed by atoms with Gasteiger partial charge in [0.2, 0.25) is 0 Å². The molecule has 3 unspecified atom stereocenters. The predicted molar refractivity (Wildman–Crippen MR) is 82.1 cm³/mol. The average Bonchev–Trinajstić information content (AvgIpc) is 3.12. The van der Waals surface area contributed by atoms with E-state index in [0.717, 1.165) is 17.5 Å². The molecule has 5 nitrogen and oxygen atoms in total. The van der Waals surface area contributed by atoms with Crippen molar-refractivity contribution in [2.45, 2.75) is 57.3 Å². The van der Waals surface area contributed by atoms with Gasteiger partial charge in [-0.25, -0.2) is 0 Å². The van der Waals surface area contributed by atoms with Crippen LogP contribution in [0.5, 0.6) is 0 Å². The lowest BCUT2D eigenvalue weighted by molar-refractivity contribution is 0.254. The summed E-state index contributed by atoms with van der Waals surface area (Å²) in [6, 6.07) is 8.37. The molecule has 1 saturated carbocycles. The third-order valence-electron chi connectivity index (χ3n) is 4.85. The Balaban J connectivity index is 1.47. The molecule has 112 valence electrons. The van der Waals surface area contributed by atoms with Crippen LogP contribution in [-0.4, -0.2) is 44.2 Å². The molecule has 0 spiro atoms. The van der Waals surface area contributed by atoms with E-state index in [1.165, 1.54) is 25.8 Å². The standard InChI is InChI=1S/C16H23N5/c1-11-9-13(10-21(11)14-6-7-14)17-12(2)16-19-18-15-5-3-4-8-20(15)16/h3-5,8,11-14,17H,6-7,9-10H2,1-2H3. The number of hydrogen-bond donors (Lipinski definition) is 1.